The van der Waals surface area contributed by atoms with Crippen molar-refractivity contribution in [2.24, 2.45) is 18.7 Å². The molecule has 1 aromatic rings. The number of hydrogen-bond acceptors (Lipinski definition) is 4. The Hall–Kier alpha value is -1.40. The number of aromatic nitrogens is 2. The van der Waals surface area contributed by atoms with Crippen LogP contribution in [0, 0.1) is 5.92 Å². The lowest BCUT2D eigenvalue weighted by atomic mass is 9.98. The van der Waals surface area contributed by atoms with Crippen LogP contribution in [0.3, 0.4) is 0 Å². The number of morpholine rings is 1. The van der Waals surface area contributed by atoms with Crippen LogP contribution in [0.1, 0.15) is 31.9 Å². The van der Waals surface area contributed by atoms with Gasteiger partial charge in [-0.3, -0.25) is 9.48 Å². The molecule has 0 spiro atoms. The van der Waals surface area contributed by atoms with Crippen LogP contribution < -0.4 is 5.73 Å². The molecular formula is C14H24N4O2. The lowest BCUT2D eigenvalue weighted by Gasteiger charge is -2.35. The molecule has 2 N–H and O–H groups in total. The summed E-state index contributed by atoms with van der Waals surface area (Å²) in [5.41, 5.74) is 7.04. The molecule has 20 heavy (non-hydrogen) atoms. The van der Waals surface area contributed by atoms with Gasteiger partial charge in [0.2, 0.25) is 5.91 Å². The summed E-state index contributed by atoms with van der Waals surface area (Å²) in [6.07, 6.45) is 4.51. The number of amides is 1. The van der Waals surface area contributed by atoms with Gasteiger partial charge in [0.05, 0.1) is 25.4 Å². The van der Waals surface area contributed by atoms with Gasteiger partial charge in [0.1, 0.15) is 6.10 Å². The van der Waals surface area contributed by atoms with Crippen LogP contribution in [0.15, 0.2) is 12.4 Å². The zero-order valence-electron chi connectivity index (χ0n) is 12.5. The van der Waals surface area contributed by atoms with E-state index in [2.05, 4.69) is 12.0 Å². The number of ether oxygens (including phenoxy) is 1. The Kier molecular flexibility index (Phi) is 4.77. The minimum absolute atomic E-state index is 0.0246. The fraction of sp³-hybridized carbons (Fsp3) is 0.714. The Bertz CT molecular complexity index is 460. The van der Waals surface area contributed by atoms with Gasteiger partial charge in [-0.1, -0.05) is 20.3 Å². The summed E-state index contributed by atoms with van der Waals surface area (Å²) in [6, 6.07) is -0.423. The Morgan fingerprint density at radius 3 is 3.00 bits per heavy atom. The number of aryl methyl sites for hydroxylation is 1. The Labute approximate surface area is 119 Å². The highest BCUT2D eigenvalue weighted by Gasteiger charge is 2.30. The number of hydrogen-bond donors (Lipinski definition) is 1. The molecule has 1 fully saturated rings. The van der Waals surface area contributed by atoms with E-state index >= 15 is 0 Å². The second-order valence-corrected chi connectivity index (χ2v) is 5.50. The van der Waals surface area contributed by atoms with Gasteiger partial charge in [-0.05, 0) is 5.92 Å². The first-order valence-electron chi connectivity index (χ1n) is 7.17. The standard InChI is InChI=1S/C14H24N4O2/c1-4-10(2)13(15)14(19)18-5-6-20-12(9-18)11-7-16-17(3)8-11/h7-8,10,12-13H,4-6,9,15H2,1-3H3. The van der Waals surface area contributed by atoms with E-state index in [9.17, 15) is 4.79 Å². The summed E-state index contributed by atoms with van der Waals surface area (Å²) in [5, 5.41) is 4.15. The molecule has 0 aromatic carbocycles. The largest absolute Gasteiger partial charge is 0.370 e. The van der Waals surface area contributed by atoms with Gasteiger partial charge < -0.3 is 15.4 Å². The van der Waals surface area contributed by atoms with Crippen LogP contribution in [-0.4, -0.2) is 46.3 Å². The van der Waals surface area contributed by atoms with E-state index in [0.717, 1.165) is 12.0 Å². The SMILES string of the molecule is CCC(C)C(N)C(=O)N1CCOC(c2cnn(C)c2)C1. The van der Waals surface area contributed by atoms with Crippen molar-refractivity contribution < 1.29 is 9.53 Å². The van der Waals surface area contributed by atoms with E-state index < -0.39 is 6.04 Å². The molecule has 1 saturated heterocycles. The van der Waals surface area contributed by atoms with E-state index in [-0.39, 0.29) is 17.9 Å². The zero-order valence-corrected chi connectivity index (χ0v) is 12.5. The lowest BCUT2D eigenvalue weighted by molar-refractivity contribution is -0.141. The lowest BCUT2D eigenvalue weighted by Crippen LogP contribution is -2.51. The van der Waals surface area contributed by atoms with Crippen LogP contribution in [0.4, 0.5) is 0 Å². The molecular weight excluding hydrogens is 256 g/mol. The van der Waals surface area contributed by atoms with Gasteiger partial charge in [0.15, 0.2) is 0 Å². The Morgan fingerprint density at radius 2 is 2.40 bits per heavy atom. The van der Waals surface area contributed by atoms with E-state index in [4.69, 9.17) is 10.5 Å². The molecule has 1 aromatic heterocycles. The molecule has 3 atom stereocenters. The van der Waals surface area contributed by atoms with Crippen molar-refractivity contribution in [3.05, 3.63) is 18.0 Å². The summed E-state index contributed by atoms with van der Waals surface area (Å²) in [4.78, 5) is 14.2. The van der Waals surface area contributed by atoms with Crippen LogP contribution in [0.25, 0.3) is 0 Å². The van der Waals surface area contributed by atoms with Gasteiger partial charge in [-0.2, -0.15) is 5.10 Å². The maximum absolute atomic E-state index is 12.4. The van der Waals surface area contributed by atoms with Gasteiger partial charge >= 0.3 is 0 Å². The maximum atomic E-state index is 12.4. The van der Waals surface area contributed by atoms with Crippen molar-refractivity contribution in [2.75, 3.05) is 19.7 Å². The molecule has 2 rings (SSSR count). The van der Waals surface area contributed by atoms with Crippen molar-refractivity contribution >= 4 is 5.91 Å². The van der Waals surface area contributed by atoms with Crippen molar-refractivity contribution in [3.8, 4) is 0 Å². The first-order chi connectivity index (χ1) is 9.52. The third-order valence-electron chi connectivity index (χ3n) is 4.02. The number of carbonyl (C=O) groups excluding carboxylic acids is 1. The number of nitrogens with zero attached hydrogens (tertiary/aromatic N) is 3. The van der Waals surface area contributed by atoms with Crippen molar-refractivity contribution in [2.45, 2.75) is 32.4 Å². The van der Waals surface area contributed by atoms with Crippen molar-refractivity contribution in [1.82, 2.24) is 14.7 Å². The Balaban J connectivity index is 2.01. The topological polar surface area (TPSA) is 73.4 Å². The molecule has 2 heterocycles. The predicted molar refractivity (Wildman–Crippen MR) is 75.9 cm³/mol. The normalized spacial score (nSPS) is 22.6. The molecule has 0 saturated carbocycles. The highest BCUT2D eigenvalue weighted by Crippen LogP contribution is 2.22. The summed E-state index contributed by atoms with van der Waals surface area (Å²) in [5.74, 6) is 0.221. The third-order valence-corrected chi connectivity index (χ3v) is 4.02. The van der Waals surface area contributed by atoms with Crippen LogP contribution >= 0.6 is 0 Å². The minimum atomic E-state index is -0.423. The molecule has 0 radical (unpaired) electrons. The molecule has 1 aliphatic rings. The first kappa shape index (κ1) is 15.0. The van der Waals surface area contributed by atoms with Crippen LogP contribution in [0.5, 0.6) is 0 Å². The predicted octanol–water partition coefficient (Wildman–Crippen LogP) is 0.693. The number of rotatable bonds is 4. The van der Waals surface area contributed by atoms with E-state index in [0.29, 0.717) is 19.7 Å². The van der Waals surface area contributed by atoms with Crippen LogP contribution in [-0.2, 0) is 16.6 Å². The molecule has 1 amide bonds. The average Bonchev–Trinajstić information content (AvgIpc) is 2.91. The summed E-state index contributed by atoms with van der Waals surface area (Å²) >= 11 is 0. The maximum Gasteiger partial charge on any atom is 0.239 e. The molecule has 6 nitrogen and oxygen atoms in total. The van der Waals surface area contributed by atoms with Gasteiger partial charge in [-0.25, -0.2) is 0 Å². The summed E-state index contributed by atoms with van der Waals surface area (Å²) in [6.45, 7) is 5.77. The fourth-order valence-electron chi connectivity index (χ4n) is 2.37. The summed E-state index contributed by atoms with van der Waals surface area (Å²) in [7, 11) is 1.87. The van der Waals surface area contributed by atoms with Crippen molar-refractivity contribution in [1.29, 1.82) is 0 Å². The minimum Gasteiger partial charge on any atom is -0.370 e. The third kappa shape index (κ3) is 3.19. The first-order valence-corrected chi connectivity index (χ1v) is 7.17. The van der Waals surface area contributed by atoms with Crippen LogP contribution in [0.2, 0.25) is 0 Å². The van der Waals surface area contributed by atoms with Gasteiger partial charge in [0.25, 0.3) is 0 Å². The van der Waals surface area contributed by atoms with E-state index in [1.165, 1.54) is 0 Å². The van der Waals surface area contributed by atoms with E-state index in [1.54, 1.807) is 10.9 Å². The number of nitrogens with two attached hydrogens (primary N) is 1. The molecule has 6 heteroatoms. The fourth-order valence-corrected chi connectivity index (χ4v) is 2.37. The smallest absolute Gasteiger partial charge is 0.239 e. The highest BCUT2D eigenvalue weighted by atomic mass is 16.5. The molecule has 0 aliphatic carbocycles. The van der Waals surface area contributed by atoms with E-state index in [1.807, 2.05) is 25.1 Å². The van der Waals surface area contributed by atoms with Gasteiger partial charge in [-0.15, -0.1) is 0 Å². The second kappa shape index (κ2) is 6.37. The molecule has 1 aliphatic heterocycles. The number of carbonyl (C=O) groups is 1. The molecule has 112 valence electrons. The molecule has 3 unspecified atom stereocenters. The monoisotopic (exact) mass is 280 g/mol. The summed E-state index contributed by atoms with van der Waals surface area (Å²) < 4.78 is 7.48. The average molecular weight is 280 g/mol. The Morgan fingerprint density at radius 1 is 1.65 bits per heavy atom. The highest BCUT2D eigenvalue weighted by molar-refractivity contribution is 5.82. The zero-order chi connectivity index (χ0) is 14.7. The molecule has 0 bridgehead atoms. The quantitative estimate of drug-likeness (QED) is 0.881. The second-order valence-electron chi connectivity index (χ2n) is 5.50. The van der Waals surface area contributed by atoms with Crippen molar-refractivity contribution in [3.63, 3.8) is 0 Å². The van der Waals surface area contributed by atoms with Gasteiger partial charge in [0, 0.05) is 25.4 Å².